The van der Waals surface area contributed by atoms with E-state index in [9.17, 15) is 9.59 Å². The number of hydrogen-bond acceptors (Lipinski definition) is 6. The lowest BCUT2D eigenvalue weighted by atomic mass is 10.0. The van der Waals surface area contributed by atoms with Crippen molar-refractivity contribution in [2.45, 2.75) is 19.8 Å². The Bertz CT molecular complexity index is 1240. The van der Waals surface area contributed by atoms with Crippen molar-refractivity contribution in [2.24, 2.45) is 0 Å². The molecule has 0 spiro atoms. The van der Waals surface area contributed by atoms with Gasteiger partial charge in [-0.2, -0.15) is 4.98 Å². The van der Waals surface area contributed by atoms with Gasteiger partial charge in [0.15, 0.2) is 5.82 Å². The van der Waals surface area contributed by atoms with Gasteiger partial charge in [-0.25, -0.2) is 4.98 Å². The summed E-state index contributed by atoms with van der Waals surface area (Å²) in [5, 5.41) is 6.12. The lowest BCUT2D eigenvalue weighted by Gasteiger charge is -2.21. The molecule has 0 fully saturated rings. The zero-order chi connectivity index (χ0) is 21.7. The maximum atomic E-state index is 13.0. The van der Waals surface area contributed by atoms with Gasteiger partial charge >= 0.3 is 0 Å². The smallest absolute Gasteiger partial charge is 0.260 e. The Morgan fingerprint density at radius 3 is 2.68 bits per heavy atom. The Hall–Kier alpha value is -3.94. The molecule has 3 aromatic rings. The van der Waals surface area contributed by atoms with Crippen molar-refractivity contribution in [2.75, 3.05) is 34.5 Å². The molecular formula is C23H22N6O2. The molecule has 1 aromatic heterocycles. The number of nitrogens with zero attached hydrogens (tertiary/aromatic N) is 4. The number of nitrogens with one attached hydrogen (secondary N) is 2. The van der Waals surface area contributed by atoms with Crippen LogP contribution in [0.3, 0.4) is 0 Å². The third-order valence-corrected chi connectivity index (χ3v) is 5.74. The van der Waals surface area contributed by atoms with Gasteiger partial charge in [0.05, 0.1) is 17.4 Å². The third-order valence-electron chi connectivity index (χ3n) is 5.74. The second-order valence-electron chi connectivity index (χ2n) is 7.89. The highest BCUT2D eigenvalue weighted by atomic mass is 16.2. The average Bonchev–Trinajstić information content (AvgIpc) is 2.83. The van der Waals surface area contributed by atoms with Crippen LogP contribution in [0.15, 0.2) is 42.6 Å². The predicted octanol–water partition coefficient (Wildman–Crippen LogP) is 3.77. The zero-order valence-electron chi connectivity index (χ0n) is 17.6. The Morgan fingerprint density at radius 1 is 1.00 bits per heavy atom. The summed E-state index contributed by atoms with van der Waals surface area (Å²) in [5.74, 6) is 0.958. The van der Waals surface area contributed by atoms with E-state index in [0.29, 0.717) is 29.4 Å². The van der Waals surface area contributed by atoms with E-state index in [2.05, 4.69) is 15.6 Å². The summed E-state index contributed by atoms with van der Waals surface area (Å²) in [7, 11) is 3.62. The number of aromatic nitrogens is 2. The van der Waals surface area contributed by atoms with Crippen LogP contribution in [-0.4, -0.2) is 35.9 Å². The lowest BCUT2D eigenvalue weighted by Crippen LogP contribution is -2.25. The molecule has 0 bridgehead atoms. The largest absolute Gasteiger partial charge is 0.327 e. The molecule has 5 rings (SSSR count). The quantitative estimate of drug-likeness (QED) is 0.663. The number of amides is 2. The third kappa shape index (κ3) is 3.26. The number of fused-ring (bicyclic) bond motifs is 3. The molecule has 0 aliphatic carbocycles. The summed E-state index contributed by atoms with van der Waals surface area (Å²) in [5.41, 5.74) is 5.77. The first-order valence-electron chi connectivity index (χ1n) is 10.1. The van der Waals surface area contributed by atoms with Crippen LogP contribution < -0.4 is 20.4 Å². The monoisotopic (exact) mass is 414 g/mol. The van der Waals surface area contributed by atoms with Gasteiger partial charge in [-0.15, -0.1) is 0 Å². The van der Waals surface area contributed by atoms with Crippen molar-refractivity contribution >= 4 is 46.3 Å². The fourth-order valence-corrected chi connectivity index (χ4v) is 4.01. The summed E-state index contributed by atoms with van der Waals surface area (Å²) in [6, 6.07) is 11.6. The molecule has 2 amide bonds. The van der Waals surface area contributed by atoms with Crippen LogP contribution in [0.25, 0.3) is 0 Å². The summed E-state index contributed by atoms with van der Waals surface area (Å²) in [6.45, 7) is 1.97. The SMILES string of the molecule is Cc1ccc2c(c1)C(=O)N(C)c1cnc(Nc3ccc4c(c3)NC(=O)CC4)nc1N2C. The first-order valence-corrected chi connectivity index (χ1v) is 10.1. The van der Waals surface area contributed by atoms with Gasteiger partial charge in [0.1, 0.15) is 5.69 Å². The molecule has 0 radical (unpaired) electrons. The number of carbonyl (C=O) groups excluding carboxylic acids is 2. The van der Waals surface area contributed by atoms with Gasteiger partial charge in [0, 0.05) is 31.9 Å². The molecule has 3 heterocycles. The molecule has 0 saturated carbocycles. The molecule has 2 aliphatic heterocycles. The van der Waals surface area contributed by atoms with E-state index in [1.165, 1.54) is 0 Å². The Morgan fingerprint density at radius 2 is 1.84 bits per heavy atom. The van der Waals surface area contributed by atoms with E-state index in [0.717, 1.165) is 34.6 Å². The van der Waals surface area contributed by atoms with E-state index in [1.54, 1.807) is 18.1 Å². The van der Waals surface area contributed by atoms with E-state index in [-0.39, 0.29) is 11.8 Å². The van der Waals surface area contributed by atoms with Crippen molar-refractivity contribution in [1.82, 2.24) is 9.97 Å². The van der Waals surface area contributed by atoms with Gasteiger partial charge in [0.25, 0.3) is 5.91 Å². The Balaban J connectivity index is 1.52. The van der Waals surface area contributed by atoms with Crippen LogP contribution in [-0.2, 0) is 11.2 Å². The van der Waals surface area contributed by atoms with Crippen molar-refractivity contribution < 1.29 is 9.59 Å². The average molecular weight is 414 g/mol. The fourth-order valence-electron chi connectivity index (χ4n) is 4.01. The van der Waals surface area contributed by atoms with Crippen molar-refractivity contribution in [1.29, 1.82) is 0 Å². The van der Waals surface area contributed by atoms with E-state index in [1.807, 2.05) is 55.3 Å². The Kier molecular flexibility index (Phi) is 4.35. The van der Waals surface area contributed by atoms with Crippen molar-refractivity contribution in [3.8, 4) is 0 Å². The molecule has 2 aliphatic rings. The topological polar surface area (TPSA) is 90.5 Å². The van der Waals surface area contributed by atoms with Gasteiger partial charge in [-0.05, 0) is 43.2 Å². The molecule has 2 aromatic carbocycles. The minimum Gasteiger partial charge on any atom is -0.327 e. The van der Waals surface area contributed by atoms with Crippen LogP contribution in [0.4, 0.5) is 34.5 Å². The predicted molar refractivity (Wildman–Crippen MR) is 121 cm³/mol. The normalized spacial score (nSPS) is 14.9. The number of carbonyl (C=O) groups is 2. The van der Waals surface area contributed by atoms with Crippen LogP contribution >= 0.6 is 0 Å². The van der Waals surface area contributed by atoms with Gasteiger partial charge in [-0.1, -0.05) is 17.7 Å². The van der Waals surface area contributed by atoms with Crippen molar-refractivity contribution in [3.05, 3.63) is 59.3 Å². The number of aryl methyl sites for hydroxylation is 2. The molecule has 0 atom stereocenters. The molecule has 0 unspecified atom stereocenters. The molecule has 0 saturated heterocycles. The van der Waals surface area contributed by atoms with Gasteiger partial charge < -0.3 is 20.4 Å². The van der Waals surface area contributed by atoms with Crippen LogP contribution in [0.1, 0.15) is 27.9 Å². The number of benzene rings is 2. The maximum absolute atomic E-state index is 13.0. The first kappa shape index (κ1) is 19.0. The number of anilines is 6. The molecule has 31 heavy (non-hydrogen) atoms. The minimum absolute atomic E-state index is 0.0224. The van der Waals surface area contributed by atoms with Crippen molar-refractivity contribution in [3.63, 3.8) is 0 Å². The van der Waals surface area contributed by atoms with Crippen LogP contribution in [0.2, 0.25) is 0 Å². The second-order valence-corrected chi connectivity index (χ2v) is 7.89. The lowest BCUT2D eigenvalue weighted by molar-refractivity contribution is -0.116. The molecule has 8 nitrogen and oxygen atoms in total. The molecular weight excluding hydrogens is 392 g/mol. The molecule has 8 heteroatoms. The van der Waals surface area contributed by atoms with E-state index < -0.39 is 0 Å². The second kappa shape index (κ2) is 7.09. The highest BCUT2D eigenvalue weighted by molar-refractivity contribution is 6.13. The number of rotatable bonds is 2. The van der Waals surface area contributed by atoms with E-state index >= 15 is 0 Å². The summed E-state index contributed by atoms with van der Waals surface area (Å²) in [4.78, 5) is 37.4. The maximum Gasteiger partial charge on any atom is 0.260 e. The van der Waals surface area contributed by atoms with Gasteiger partial charge in [0.2, 0.25) is 11.9 Å². The number of hydrogen-bond donors (Lipinski definition) is 2. The molecule has 2 N–H and O–H groups in total. The zero-order valence-corrected chi connectivity index (χ0v) is 17.6. The standard InChI is InChI=1S/C23H22N6O2/c1-13-4-8-18-16(10-13)22(31)29(3)19-12-24-23(27-21(19)28(18)2)25-15-7-5-14-6-9-20(30)26-17(14)11-15/h4-5,7-8,10-12H,6,9H2,1-3H3,(H,26,30)(H,24,25,27). The van der Waals surface area contributed by atoms with Crippen LogP contribution in [0.5, 0.6) is 0 Å². The summed E-state index contributed by atoms with van der Waals surface area (Å²) >= 11 is 0. The molecule has 156 valence electrons. The van der Waals surface area contributed by atoms with E-state index in [4.69, 9.17) is 4.98 Å². The first-order chi connectivity index (χ1) is 14.9. The van der Waals surface area contributed by atoms with Gasteiger partial charge in [-0.3, -0.25) is 9.59 Å². The highest BCUT2D eigenvalue weighted by Gasteiger charge is 2.29. The minimum atomic E-state index is -0.0981. The Labute approximate surface area is 179 Å². The summed E-state index contributed by atoms with van der Waals surface area (Å²) < 4.78 is 0. The summed E-state index contributed by atoms with van der Waals surface area (Å²) in [6.07, 6.45) is 2.89. The highest BCUT2D eigenvalue weighted by Crippen LogP contribution is 2.38. The fraction of sp³-hybridized carbons (Fsp3) is 0.217. The van der Waals surface area contributed by atoms with Crippen LogP contribution in [0, 0.1) is 6.92 Å².